The van der Waals surface area contributed by atoms with Crippen LogP contribution in [0.25, 0.3) is 0 Å². The quantitative estimate of drug-likeness (QED) is 0.769. The molecular weight excluding hydrogens is 240 g/mol. The van der Waals surface area contributed by atoms with Gasteiger partial charge in [-0.05, 0) is 31.5 Å². The van der Waals surface area contributed by atoms with Gasteiger partial charge in [0, 0.05) is 13.7 Å². The molecule has 0 fully saturated rings. The van der Waals surface area contributed by atoms with E-state index in [2.05, 4.69) is 4.72 Å². The third-order valence-electron chi connectivity index (χ3n) is 2.42. The summed E-state index contributed by atoms with van der Waals surface area (Å²) in [5.41, 5.74) is 6.87. The van der Waals surface area contributed by atoms with Crippen LogP contribution >= 0.6 is 0 Å². The van der Waals surface area contributed by atoms with E-state index in [9.17, 15) is 8.42 Å². The van der Waals surface area contributed by atoms with Crippen molar-refractivity contribution in [1.82, 2.24) is 4.72 Å². The van der Waals surface area contributed by atoms with E-state index in [1.807, 2.05) is 6.92 Å². The lowest BCUT2D eigenvalue weighted by Gasteiger charge is -2.12. The highest BCUT2D eigenvalue weighted by molar-refractivity contribution is 7.89. The van der Waals surface area contributed by atoms with Crippen molar-refractivity contribution in [1.29, 1.82) is 0 Å². The molecule has 0 saturated heterocycles. The van der Waals surface area contributed by atoms with Gasteiger partial charge in [-0.15, -0.1) is 0 Å². The first-order valence-corrected chi connectivity index (χ1v) is 6.73. The number of nitrogens with one attached hydrogen (secondary N) is 1. The Morgan fingerprint density at radius 1 is 1.47 bits per heavy atom. The Labute approximate surface area is 102 Å². The van der Waals surface area contributed by atoms with E-state index < -0.39 is 10.0 Å². The standard InChI is InChI=1S/C11H18N2O3S/c1-8-4-5-11(10(12)6-8)17(14,15)13-7-9(2)16-3/h4-6,9,13H,7,12H2,1-3H3. The lowest BCUT2D eigenvalue weighted by molar-refractivity contribution is 0.122. The lowest BCUT2D eigenvalue weighted by Crippen LogP contribution is -2.32. The fourth-order valence-electron chi connectivity index (χ4n) is 1.30. The van der Waals surface area contributed by atoms with E-state index in [-0.39, 0.29) is 23.2 Å². The van der Waals surface area contributed by atoms with Gasteiger partial charge in [0.25, 0.3) is 0 Å². The molecule has 1 atom stereocenters. The van der Waals surface area contributed by atoms with E-state index in [1.54, 1.807) is 19.1 Å². The van der Waals surface area contributed by atoms with Crippen molar-refractivity contribution in [3.05, 3.63) is 23.8 Å². The molecule has 6 heteroatoms. The Morgan fingerprint density at radius 2 is 2.12 bits per heavy atom. The summed E-state index contributed by atoms with van der Waals surface area (Å²) in [7, 11) is -2.04. The average molecular weight is 258 g/mol. The molecule has 17 heavy (non-hydrogen) atoms. The van der Waals surface area contributed by atoms with Crippen molar-refractivity contribution in [2.24, 2.45) is 0 Å². The van der Waals surface area contributed by atoms with Gasteiger partial charge in [-0.2, -0.15) is 0 Å². The van der Waals surface area contributed by atoms with Crippen LogP contribution in [0.1, 0.15) is 12.5 Å². The monoisotopic (exact) mass is 258 g/mol. The van der Waals surface area contributed by atoms with E-state index in [4.69, 9.17) is 10.5 Å². The maximum atomic E-state index is 11.9. The van der Waals surface area contributed by atoms with Crippen LogP contribution in [0, 0.1) is 6.92 Å². The first-order valence-electron chi connectivity index (χ1n) is 5.25. The van der Waals surface area contributed by atoms with Crippen molar-refractivity contribution >= 4 is 15.7 Å². The maximum absolute atomic E-state index is 11.9. The normalized spacial score (nSPS) is 13.6. The molecule has 0 spiro atoms. The molecule has 0 heterocycles. The number of hydrogen-bond donors (Lipinski definition) is 2. The highest BCUT2D eigenvalue weighted by Gasteiger charge is 2.17. The molecule has 1 unspecified atom stereocenters. The van der Waals surface area contributed by atoms with Gasteiger partial charge < -0.3 is 10.5 Å². The zero-order valence-corrected chi connectivity index (χ0v) is 11.0. The van der Waals surface area contributed by atoms with Crippen LogP contribution < -0.4 is 10.5 Å². The number of nitrogen functional groups attached to an aromatic ring is 1. The molecule has 0 aliphatic rings. The highest BCUT2D eigenvalue weighted by Crippen LogP contribution is 2.19. The van der Waals surface area contributed by atoms with Crippen molar-refractivity contribution in [3.63, 3.8) is 0 Å². The number of methoxy groups -OCH3 is 1. The fourth-order valence-corrected chi connectivity index (χ4v) is 2.53. The van der Waals surface area contributed by atoms with Crippen molar-refractivity contribution < 1.29 is 13.2 Å². The highest BCUT2D eigenvalue weighted by atomic mass is 32.2. The van der Waals surface area contributed by atoms with Crippen LogP contribution in [0.4, 0.5) is 5.69 Å². The molecule has 0 saturated carbocycles. The van der Waals surface area contributed by atoms with E-state index >= 15 is 0 Å². The molecule has 0 radical (unpaired) electrons. The Bertz CT molecular complexity index is 485. The maximum Gasteiger partial charge on any atom is 0.242 e. The first kappa shape index (κ1) is 14.0. The second-order valence-corrected chi connectivity index (χ2v) is 5.67. The van der Waals surface area contributed by atoms with Gasteiger partial charge in [-0.25, -0.2) is 13.1 Å². The van der Waals surface area contributed by atoms with Crippen LogP contribution in [-0.4, -0.2) is 28.2 Å². The third kappa shape index (κ3) is 3.69. The first-order chi connectivity index (χ1) is 7.86. The van der Waals surface area contributed by atoms with Gasteiger partial charge in [0.15, 0.2) is 0 Å². The summed E-state index contributed by atoms with van der Waals surface area (Å²) in [4.78, 5) is 0.103. The summed E-state index contributed by atoms with van der Waals surface area (Å²) in [5, 5.41) is 0. The zero-order valence-electron chi connectivity index (χ0n) is 10.2. The molecule has 1 aromatic carbocycles. The minimum Gasteiger partial charge on any atom is -0.398 e. The predicted octanol–water partition coefficient (Wildman–Crippen LogP) is 0.890. The predicted molar refractivity (Wildman–Crippen MR) is 67.3 cm³/mol. The molecule has 0 amide bonds. The number of hydrogen-bond acceptors (Lipinski definition) is 4. The minimum atomic E-state index is -3.57. The summed E-state index contributed by atoms with van der Waals surface area (Å²) in [6.45, 7) is 3.85. The number of anilines is 1. The van der Waals surface area contributed by atoms with Gasteiger partial charge in [0.2, 0.25) is 10.0 Å². The molecule has 96 valence electrons. The van der Waals surface area contributed by atoms with Crippen molar-refractivity contribution in [2.45, 2.75) is 24.8 Å². The minimum absolute atomic E-state index is 0.103. The molecule has 1 rings (SSSR count). The molecule has 0 aromatic heterocycles. The van der Waals surface area contributed by atoms with Crippen molar-refractivity contribution in [2.75, 3.05) is 19.4 Å². The largest absolute Gasteiger partial charge is 0.398 e. The van der Waals surface area contributed by atoms with Gasteiger partial charge in [-0.1, -0.05) is 6.07 Å². The smallest absolute Gasteiger partial charge is 0.242 e. The van der Waals surface area contributed by atoms with Crippen LogP contribution in [0.5, 0.6) is 0 Å². The Hall–Kier alpha value is -1.11. The topological polar surface area (TPSA) is 81.4 Å². The van der Waals surface area contributed by atoms with E-state index in [0.717, 1.165) is 5.56 Å². The number of benzene rings is 1. The molecule has 0 aliphatic heterocycles. The van der Waals surface area contributed by atoms with Gasteiger partial charge in [0.05, 0.1) is 11.8 Å². The number of sulfonamides is 1. The van der Waals surface area contributed by atoms with Crippen LogP contribution in [-0.2, 0) is 14.8 Å². The SMILES string of the molecule is COC(C)CNS(=O)(=O)c1ccc(C)cc1N. The van der Waals surface area contributed by atoms with Gasteiger partial charge >= 0.3 is 0 Å². The summed E-state index contributed by atoms with van der Waals surface area (Å²) < 4.78 is 31.3. The molecule has 3 N–H and O–H groups in total. The fraction of sp³-hybridized carbons (Fsp3) is 0.455. The molecule has 0 aliphatic carbocycles. The lowest BCUT2D eigenvalue weighted by atomic mass is 10.2. The Kier molecular flexibility index (Phi) is 4.50. The van der Waals surface area contributed by atoms with E-state index in [0.29, 0.717) is 0 Å². The van der Waals surface area contributed by atoms with Crippen molar-refractivity contribution in [3.8, 4) is 0 Å². The number of aryl methyl sites for hydroxylation is 1. The van der Waals surface area contributed by atoms with Gasteiger partial charge in [0.1, 0.15) is 4.90 Å². The van der Waals surface area contributed by atoms with Crippen LogP contribution in [0.15, 0.2) is 23.1 Å². The summed E-state index contributed by atoms with van der Waals surface area (Å²) in [6, 6.07) is 4.85. The second-order valence-electron chi connectivity index (χ2n) is 3.94. The molecular formula is C11H18N2O3S. The summed E-state index contributed by atoms with van der Waals surface area (Å²) >= 11 is 0. The molecule has 1 aromatic rings. The molecule has 0 bridgehead atoms. The van der Waals surface area contributed by atoms with Gasteiger partial charge in [-0.3, -0.25) is 0 Å². The Morgan fingerprint density at radius 3 is 2.65 bits per heavy atom. The Balaban J connectivity index is 2.90. The van der Waals surface area contributed by atoms with Crippen LogP contribution in [0.2, 0.25) is 0 Å². The number of rotatable bonds is 5. The second kappa shape index (κ2) is 5.48. The van der Waals surface area contributed by atoms with Crippen LogP contribution in [0.3, 0.4) is 0 Å². The van der Waals surface area contributed by atoms with E-state index in [1.165, 1.54) is 13.2 Å². The summed E-state index contributed by atoms with van der Waals surface area (Å²) in [6.07, 6.45) is -0.184. The number of ether oxygens (including phenoxy) is 1. The summed E-state index contributed by atoms with van der Waals surface area (Å²) in [5.74, 6) is 0. The average Bonchev–Trinajstić information content (AvgIpc) is 2.25. The third-order valence-corrected chi connectivity index (χ3v) is 3.92. The number of nitrogens with two attached hydrogens (primary N) is 1. The molecule has 5 nitrogen and oxygen atoms in total. The zero-order chi connectivity index (χ0) is 13.1.